The summed E-state index contributed by atoms with van der Waals surface area (Å²) in [6.45, 7) is 5.24. The molecule has 1 aromatic carbocycles. The first-order valence-electron chi connectivity index (χ1n) is 11.9. The van der Waals surface area contributed by atoms with Crippen LogP contribution in [0.2, 0.25) is 0 Å². The second-order valence-corrected chi connectivity index (χ2v) is 9.46. The molecule has 3 aromatic heterocycles. The normalized spacial score (nSPS) is 16.3. The second-order valence-electron chi connectivity index (χ2n) is 9.46. The lowest BCUT2D eigenvalue weighted by Gasteiger charge is -2.19. The molecule has 3 heterocycles. The lowest BCUT2D eigenvalue weighted by molar-refractivity contribution is -0.140. The van der Waals surface area contributed by atoms with Crippen LogP contribution >= 0.6 is 0 Å². The molecule has 0 saturated carbocycles. The van der Waals surface area contributed by atoms with Crippen molar-refractivity contribution < 1.29 is 13.2 Å². The van der Waals surface area contributed by atoms with Crippen LogP contribution in [0.4, 0.5) is 13.2 Å². The van der Waals surface area contributed by atoms with Crippen LogP contribution in [-0.4, -0.2) is 29.9 Å². The van der Waals surface area contributed by atoms with E-state index in [2.05, 4.69) is 62.0 Å². The van der Waals surface area contributed by atoms with Crippen LogP contribution in [0.15, 0.2) is 49.1 Å². The van der Waals surface area contributed by atoms with Crippen molar-refractivity contribution in [1.29, 1.82) is 0 Å². The molecular weight excluding hydrogens is 453 g/mol. The molecule has 0 amide bonds. The molecule has 35 heavy (non-hydrogen) atoms. The number of benzene rings is 1. The van der Waals surface area contributed by atoms with Gasteiger partial charge in [-0.2, -0.15) is 28.6 Å². The van der Waals surface area contributed by atoms with Gasteiger partial charge in [-0.1, -0.05) is 38.5 Å². The lowest BCUT2D eigenvalue weighted by atomic mass is 9.89. The minimum Gasteiger partial charge on any atom is -0.336 e. The van der Waals surface area contributed by atoms with Gasteiger partial charge >= 0.3 is 6.18 Å². The molecule has 9 heteroatoms. The Kier molecular flexibility index (Phi) is 6.17. The Balaban J connectivity index is 1.39. The van der Waals surface area contributed by atoms with Crippen LogP contribution in [0.25, 0.3) is 22.6 Å². The number of halogens is 3. The number of aryl methyl sites for hydroxylation is 1. The van der Waals surface area contributed by atoms with Crippen LogP contribution in [0.1, 0.15) is 67.3 Å². The Morgan fingerprint density at radius 1 is 1.06 bits per heavy atom. The molecule has 0 bridgehead atoms. The Bertz CT molecular complexity index is 1320. The monoisotopic (exact) mass is 480 g/mol. The number of rotatable bonds is 5. The Labute approximate surface area is 201 Å². The van der Waals surface area contributed by atoms with Gasteiger partial charge in [0.25, 0.3) is 0 Å². The number of alkyl halides is 3. The van der Waals surface area contributed by atoms with E-state index in [-0.39, 0.29) is 11.3 Å². The number of pyridine rings is 1. The first-order chi connectivity index (χ1) is 16.8. The van der Waals surface area contributed by atoms with Crippen molar-refractivity contribution in [2.75, 3.05) is 0 Å². The Morgan fingerprint density at radius 2 is 1.91 bits per heavy atom. The summed E-state index contributed by atoms with van der Waals surface area (Å²) in [6.07, 6.45) is 5.15. The van der Waals surface area contributed by atoms with Gasteiger partial charge < -0.3 is 4.57 Å². The van der Waals surface area contributed by atoms with Crippen molar-refractivity contribution in [3.63, 3.8) is 0 Å². The molecule has 0 spiro atoms. The third kappa shape index (κ3) is 4.85. The molecule has 1 atom stereocenters. The van der Waals surface area contributed by atoms with E-state index in [0.29, 0.717) is 23.2 Å². The number of aromatic nitrogens is 6. The molecule has 1 aliphatic carbocycles. The van der Waals surface area contributed by atoms with E-state index in [1.807, 2.05) is 6.20 Å². The molecule has 5 rings (SSSR count). The molecule has 1 N–H and O–H groups in total. The fourth-order valence-corrected chi connectivity index (χ4v) is 4.85. The van der Waals surface area contributed by atoms with Crippen LogP contribution in [0.3, 0.4) is 0 Å². The van der Waals surface area contributed by atoms with E-state index >= 15 is 0 Å². The average Bonchev–Trinajstić information content (AvgIpc) is 3.47. The van der Waals surface area contributed by atoms with Crippen LogP contribution in [0, 0.1) is 0 Å². The first-order valence-corrected chi connectivity index (χ1v) is 11.9. The molecule has 0 fully saturated rings. The predicted octanol–water partition coefficient (Wildman–Crippen LogP) is 6.38. The number of hydrogen-bond acceptors (Lipinski definition) is 4. The molecule has 1 aliphatic rings. The van der Waals surface area contributed by atoms with Gasteiger partial charge in [-0.05, 0) is 54.0 Å². The number of aromatic amines is 1. The number of H-pyrrole nitrogens is 1. The van der Waals surface area contributed by atoms with Gasteiger partial charge in [0.1, 0.15) is 11.4 Å². The molecule has 4 aromatic rings. The van der Waals surface area contributed by atoms with Crippen molar-refractivity contribution in [1.82, 2.24) is 29.9 Å². The molecular formula is C26H27F3N6. The van der Waals surface area contributed by atoms with Gasteiger partial charge in [-0.3, -0.25) is 4.98 Å². The maximum atomic E-state index is 13.3. The molecule has 6 nitrogen and oxygen atoms in total. The molecule has 0 aliphatic heterocycles. The fourth-order valence-electron chi connectivity index (χ4n) is 4.85. The zero-order chi connectivity index (χ0) is 24.6. The Morgan fingerprint density at radius 3 is 2.71 bits per heavy atom. The summed E-state index contributed by atoms with van der Waals surface area (Å²) in [5.41, 5.74) is 4.30. The molecule has 0 radical (unpaired) electrons. The van der Waals surface area contributed by atoms with Crippen molar-refractivity contribution >= 4 is 0 Å². The van der Waals surface area contributed by atoms with Gasteiger partial charge in [-0.15, -0.1) is 0 Å². The third-order valence-corrected chi connectivity index (χ3v) is 6.70. The van der Waals surface area contributed by atoms with E-state index in [9.17, 15) is 13.2 Å². The summed E-state index contributed by atoms with van der Waals surface area (Å²) in [5.74, 6) is 0.894. The number of nitrogens with zero attached hydrogens (tertiary/aromatic N) is 5. The first kappa shape index (κ1) is 23.3. The number of imidazole rings is 1. The summed E-state index contributed by atoms with van der Waals surface area (Å²) < 4.78 is 41.8. The fraction of sp³-hybridized carbons (Fsp3) is 0.385. The van der Waals surface area contributed by atoms with Gasteiger partial charge in [0.2, 0.25) is 0 Å². The number of fused-ring (bicyclic) bond motifs is 1. The van der Waals surface area contributed by atoms with Crippen molar-refractivity contribution in [2.24, 2.45) is 0 Å². The van der Waals surface area contributed by atoms with Crippen molar-refractivity contribution in [2.45, 2.75) is 64.1 Å². The molecule has 182 valence electrons. The van der Waals surface area contributed by atoms with E-state index in [1.165, 1.54) is 41.8 Å². The average molecular weight is 481 g/mol. The SMILES string of the molecule is CC(C)c1ccc2c(c1)CCCC[C@@H]2Cn1cnc(-c2cc(-c3n[nH]nc3C(F)(F)F)ccn2)c1. The minimum atomic E-state index is -4.60. The highest BCUT2D eigenvalue weighted by Gasteiger charge is 2.38. The highest BCUT2D eigenvalue weighted by Crippen LogP contribution is 2.36. The third-order valence-electron chi connectivity index (χ3n) is 6.70. The van der Waals surface area contributed by atoms with Crippen molar-refractivity contribution in [3.8, 4) is 22.6 Å². The molecule has 0 unspecified atom stereocenters. The van der Waals surface area contributed by atoms with Crippen LogP contribution in [-0.2, 0) is 19.1 Å². The number of hydrogen-bond donors (Lipinski definition) is 1. The highest BCUT2D eigenvalue weighted by molar-refractivity contribution is 5.67. The van der Waals surface area contributed by atoms with E-state index < -0.39 is 11.9 Å². The maximum Gasteiger partial charge on any atom is 0.437 e. The standard InChI is InChI=1S/C26H27F3N6/c1-16(2)17-7-8-21-18(11-17)5-3-4-6-20(21)13-35-14-23(31-15-35)22-12-19(9-10-30-22)24-25(26(27,28)29)33-34-32-24/h7-12,14-16,20H,3-6,13H2,1-2H3,(H,32,33,34)/t20-/m1/s1. The van der Waals surface area contributed by atoms with Gasteiger partial charge in [0, 0.05) is 30.4 Å². The summed E-state index contributed by atoms with van der Waals surface area (Å²) >= 11 is 0. The lowest BCUT2D eigenvalue weighted by Crippen LogP contribution is -2.09. The summed E-state index contributed by atoms with van der Waals surface area (Å²) in [6, 6.07) is 9.96. The largest absolute Gasteiger partial charge is 0.437 e. The highest BCUT2D eigenvalue weighted by atomic mass is 19.4. The molecule has 0 saturated heterocycles. The van der Waals surface area contributed by atoms with Gasteiger partial charge in [0.05, 0.1) is 12.0 Å². The summed E-state index contributed by atoms with van der Waals surface area (Å²) in [7, 11) is 0. The van der Waals surface area contributed by atoms with Crippen molar-refractivity contribution in [3.05, 3.63) is 71.4 Å². The number of nitrogens with one attached hydrogen (secondary N) is 1. The zero-order valence-corrected chi connectivity index (χ0v) is 19.7. The second kappa shape index (κ2) is 9.28. The maximum absolute atomic E-state index is 13.3. The Hall–Kier alpha value is -3.49. The van der Waals surface area contributed by atoms with Gasteiger partial charge in [0.15, 0.2) is 5.69 Å². The van der Waals surface area contributed by atoms with Crippen LogP contribution < -0.4 is 0 Å². The van der Waals surface area contributed by atoms with Gasteiger partial charge in [-0.25, -0.2) is 4.98 Å². The summed E-state index contributed by atoms with van der Waals surface area (Å²) in [5, 5.41) is 9.06. The smallest absolute Gasteiger partial charge is 0.336 e. The predicted molar refractivity (Wildman–Crippen MR) is 127 cm³/mol. The summed E-state index contributed by atoms with van der Waals surface area (Å²) in [4.78, 5) is 8.83. The zero-order valence-electron chi connectivity index (χ0n) is 19.7. The van der Waals surface area contributed by atoms with E-state index in [4.69, 9.17) is 0 Å². The quantitative estimate of drug-likeness (QED) is 0.336. The minimum absolute atomic E-state index is 0.253. The van der Waals surface area contributed by atoms with E-state index in [0.717, 1.165) is 19.4 Å². The van der Waals surface area contributed by atoms with Crippen LogP contribution in [0.5, 0.6) is 0 Å². The topological polar surface area (TPSA) is 72.3 Å². The van der Waals surface area contributed by atoms with E-state index in [1.54, 1.807) is 12.4 Å².